The molecule has 1 nitrogen and oxygen atoms in total. The van der Waals surface area contributed by atoms with Gasteiger partial charge in [0.15, 0.2) is 0 Å². The molecule has 1 aromatic rings. The van der Waals surface area contributed by atoms with E-state index in [0.29, 0.717) is 0 Å². The summed E-state index contributed by atoms with van der Waals surface area (Å²) < 4.78 is 2.27. The van der Waals surface area contributed by atoms with E-state index in [1.807, 2.05) is 18.2 Å². The normalized spacial score (nSPS) is 10.1. The topological polar surface area (TPSA) is 3.24 Å². The van der Waals surface area contributed by atoms with Gasteiger partial charge in [0.2, 0.25) is 0 Å². The summed E-state index contributed by atoms with van der Waals surface area (Å²) in [4.78, 5) is 0. The molecule has 0 atom stereocenters. The van der Waals surface area contributed by atoms with Crippen LogP contribution in [0.4, 0.5) is 5.69 Å². The van der Waals surface area contributed by atoms with Gasteiger partial charge in [-0.25, -0.2) is 0 Å². The van der Waals surface area contributed by atoms with Crippen LogP contribution < -0.4 is 4.23 Å². The average Bonchev–Trinajstić information content (AvgIpc) is 1.88. The van der Waals surface area contributed by atoms with E-state index in [9.17, 15) is 0 Å². The Labute approximate surface area is 72.0 Å². The van der Waals surface area contributed by atoms with Gasteiger partial charge in [-0.15, -0.1) is 0 Å². The zero-order chi connectivity index (χ0) is 7.56. The van der Waals surface area contributed by atoms with Crippen molar-refractivity contribution in [2.24, 2.45) is 0 Å². The minimum atomic E-state index is 0.868. The van der Waals surface area contributed by atoms with Crippen molar-refractivity contribution in [1.29, 1.82) is 0 Å². The lowest BCUT2D eigenvalue weighted by molar-refractivity contribution is 1.57. The van der Waals surface area contributed by atoms with Crippen molar-refractivity contribution in [2.75, 3.05) is 4.23 Å². The molecule has 1 rings (SSSR count). The summed E-state index contributed by atoms with van der Waals surface area (Å²) in [5, 5.41) is 0.868. The molecule has 0 radical (unpaired) electrons. The molecule has 10 heavy (non-hydrogen) atoms. The number of rotatable bonds is 1. The van der Waals surface area contributed by atoms with Crippen molar-refractivity contribution in [3.8, 4) is 0 Å². The van der Waals surface area contributed by atoms with E-state index < -0.39 is 0 Å². The van der Waals surface area contributed by atoms with Crippen LogP contribution in [0.15, 0.2) is 24.3 Å². The van der Waals surface area contributed by atoms with Crippen LogP contribution in [-0.4, -0.2) is 20.8 Å². The highest BCUT2D eigenvalue weighted by molar-refractivity contribution is 6.44. The van der Waals surface area contributed by atoms with Crippen LogP contribution in [0.25, 0.3) is 0 Å². The molecule has 0 aliphatic rings. The van der Waals surface area contributed by atoms with E-state index in [2.05, 4.69) is 10.3 Å². The minimum Gasteiger partial charge on any atom is -0.438 e. The van der Waals surface area contributed by atoms with E-state index in [1.54, 1.807) is 0 Å². The maximum atomic E-state index is 5.92. The third kappa shape index (κ3) is 1.62. The molecule has 0 bridgehead atoms. The molecule has 0 heterocycles. The standard InChI is InChI=1S/C6H10ClNSi2/c7-5-3-1-2-4-6(5)8(9)10/h1-4H,9-10H3. The first-order chi connectivity index (χ1) is 4.72. The Morgan fingerprint density at radius 1 is 1.20 bits per heavy atom. The Balaban J connectivity index is 3.03. The summed E-state index contributed by atoms with van der Waals surface area (Å²) in [5.41, 5.74) is 1.18. The highest BCUT2D eigenvalue weighted by Gasteiger charge is 1.96. The number of nitrogens with zero attached hydrogens (tertiary/aromatic N) is 1. The molecule has 0 spiro atoms. The number of hydrogen-bond acceptors (Lipinski definition) is 1. The molecule has 0 fully saturated rings. The van der Waals surface area contributed by atoms with Gasteiger partial charge in [0.05, 0.1) is 25.8 Å². The Morgan fingerprint density at radius 2 is 1.80 bits per heavy atom. The molecule has 0 aromatic heterocycles. The second-order valence-electron chi connectivity index (χ2n) is 2.35. The molecule has 0 saturated carbocycles. The van der Waals surface area contributed by atoms with Crippen LogP contribution in [0.2, 0.25) is 5.02 Å². The van der Waals surface area contributed by atoms with Crippen molar-refractivity contribution < 1.29 is 0 Å². The van der Waals surface area contributed by atoms with Crippen LogP contribution in [0.1, 0.15) is 0 Å². The van der Waals surface area contributed by atoms with Crippen LogP contribution in [0, 0.1) is 0 Å². The van der Waals surface area contributed by atoms with Crippen LogP contribution in [-0.2, 0) is 0 Å². The number of benzene rings is 1. The fourth-order valence-corrected chi connectivity index (χ4v) is 2.18. The lowest BCUT2D eigenvalue weighted by Gasteiger charge is -2.14. The van der Waals surface area contributed by atoms with Gasteiger partial charge in [-0.3, -0.25) is 0 Å². The lowest BCUT2D eigenvalue weighted by atomic mass is 10.3. The molecular weight excluding hydrogens is 178 g/mol. The van der Waals surface area contributed by atoms with E-state index >= 15 is 0 Å². The second-order valence-corrected chi connectivity index (χ2v) is 7.23. The van der Waals surface area contributed by atoms with E-state index in [4.69, 9.17) is 11.6 Å². The van der Waals surface area contributed by atoms with Crippen LogP contribution in [0.3, 0.4) is 0 Å². The first kappa shape index (κ1) is 7.85. The van der Waals surface area contributed by atoms with Gasteiger partial charge in [0.25, 0.3) is 0 Å². The van der Waals surface area contributed by atoms with Crippen molar-refractivity contribution in [3.63, 3.8) is 0 Å². The Bertz CT molecular complexity index is 227. The van der Waals surface area contributed by atoms with Gasteiger partial charge >= 0.3 is 0 Å². The number of halogens is 1. The van der Waals surface area contributed by atoms with Gasteiger partial charge in [-0.1, -0.05) is 23.7 Å². The maximum Gasteiger partial charge on any atom is 0.0966 e. The number of hydrogen-bond donors (Lipinski definition) is 0. The third-order valence-electron chi connectivity index (χ3n) is 1.33. The van der Waals surface area contributed by atoms with Gasteiger partial charge in [-0.2, -0.15) is 0 Å². The number of anilines is 1. The van der Waals surface area contributed by atoms with Crippen LogP contribution >= 0.6 is 11.6 Å². The molecule has 0 aliphatic heterocycles. The first-order valence-corrected chi connectivity index (χ1v) is 5.30. The smallest absolute Gasteiger partial charge is 0.0966 e. The summed E-state index contributed by atoms with van der Waals surface area (Å²) in [6.45, 7) is 0. The van der Waals surface area contributed by atoms with Gasteiger partial charge < -0.3 is 4.23 Å². The Morgan fingerprint density at radius 3 is 2.20 bits per heavy atom. The van der Waals surface area contributed by atoms with E-state index in [0.717, 1.165) is 25.8 Å². The quantitative estimate of drug-likeness (QED) is 0.547. The second kappa shape index (κ2) is 3.23. The summed E-state index contributed by atoms with van der Waals surface area (Å²) in [5.74, 6) is 0. The maximum absolute atomic E-state index is 5.92. The van der Waals surface area contributed by atoms with Gasteiger partial charge in [-0.05, 0) is 12.1 Å². The predicted octanol–water partition coefficient (Wildman–Crippen LogP) is -0.293. The molecule has 0 aliphatic carbocycles. The average molecular weight is 188 g/mol. The van der Waals surface area contributed by atoms with Crippen molar-refractivity contribution >= 4 is 38.1 Å². The van der Waals surface area contributed by atoms with E-state index in [-0.39, 0.29) is 0 Å². The molecule has 54 valence electrons. The van der Waals surface area contributed by atoms with Crippen molar-refractivity contribution in [2.45, 2.75) is 0 Å². The molecule has 0 amide bonds. The van der Waals surface area contributed by atoms with Crippen LogP contribution in [0.5, 0.6) is 0 Å². The highest BCUT2D eigenvalue weighted by Crippen LogP contribution is 2.21. The Kier molecular flexibility index (Phi) is 2.53. The fourth-order valence-electron chi connectivity index (χ4n) is 0.814. The zero-order valence-electron chi connectivity index (χ0n) is 6.13. The first-order valence-electron chi connectivity index (χ1n) is 3.13. The molecule has 0 N–H and O–H groups in total. The summed E-state index contributed by atoms with van der Waals surface area (Å²) in [6, 6.07) is 7.96. The van der Waals surface area contributed by atoms with Crippen molar-refractivity contribution in [1.82, 2.24) is 0 Å². The van der Waals surface area contributed by atoms with E-state index in [1.165, 1.54) is 5.69 Å². The third-order valence-corrected chi connectivity index (χ3v) is 2.62. The molecule has 0 saturated heterocycles. The summed E-state index contributed by atoms with van der Waals surface area (Å²) in [7, 11) is 2.13. The molecular formula is C6H10ClNSi2. The summed E-state index contributed by atoms with van der Waals surface area (Å²) in [6.07, 6.45) is 0. The van der Waals surface area contributed by atoms with Crippen molar-refractivity contribution in [3.05, 3.63) is 29.3 Å². The molecule has 1 aromatic carbocycles. The summed E-state index contributed by atoms with van der Waals surface area (Å²) >= 11 is 5.92. The highest BCUT2D eigenvalue weighted by atomic mass is 35.5. The monoisotopic (exact) mass is 187 g/mol. The predicted molar refractivity (Wildman–Crippen MR) is 53.8 cm³/mol. The minimum absolute atomic E-state index is 0.868. The SMILES string of the molecule is [SiH3]N([SiH3])c1ccccc1Cl. The van der Waals surface area contributed by atoms with Gasteiger partial charge in [0.1, 0.15) is 0 Å². The van der Waals surface area contributed by atoms with Gasteiger partial charge in [0, 0.05) is 5.69 Å². The molecule has 0 unspecified atom stereocenters. The largest absolute Gasteiger partial charge is 0.438 e. The Hall–Kier alpha value is -0.256. The fraction of sp³-hybridized carbons (Fsp3) is 0. The number of para-hydroxylation sites is 1. The zero-order valence-corrected chi connectivity index (χ0v) is 10.9. The lowest BCUT2D eigenvalue weighted by Crippen LogP contribution is -2.13. The molecule has 4 heteroatoms.